The molecule has 0 heterocycles. The van der Waals surface area contributed by atoms with Gasteiger partial charge in [-0.1, -0.05) is 51.0 Å². The number of carbonyl (C=O) groups is 1. The Morgan fingerprint density at radius 1 is 1.06 bits per heavy atom. The third kappa shape index (κ3) is 5.85. The normalized spacial score (nSPS) is 10.3. The van der Waals surface area contributed by atoms with Crippen molar-refractivity contribution in [2.24, 2.45) is 0 Å². The topological polar surface area (TPSA) is 29.1 Å². The van der Waals surface area contributed by atoms with E-state index in [0.717, 1.165) is 25.8 Å². The highest BCUT2D eigenvalue weighted by atomic mass is 16.1. The molecule has 1 aromatic carbocycles. The van der Waals surface area contributed by atoms with E-state index in [1.807, 2.05) is 0 Å². The zero-order chi connectivity index (χ0) is 13.2. The van der Waals surface area contributed by atoms with Gasteiger partial charge in [-0.2, -0.15) is 0 Å². The van der Waals surface area contributed by atoms with Crippen LogP contribution >= 0.6 is 0 Å². The lowest BCUT2D eigenvalue weighted by atomic mass is 10.1. The third-order valence-corrected chi connectivity index (χ3v) is 3.17. The first-order chi connectivity index (χ1) is 8.76. The number of unbranched alkanes of at least 4 members (excludes halogenated alkanes) is 2. The molecule has 1 N–H and O–H groups in total. The molecule has 0 aliphatic rings. The number of aryl methyl sites for hydroxylation is 2. The molecule has 2 heteroatoms. The summed E-state index contributed by atoms with van der Waals surface area (Å²) < 4.78 is 0. The van der Waals surface area contributed by atoms with Gasteiger partial charge < -0.3 is 5.32 Å². The fourth-order valence-corrected chi connectivity index (χ4v) is 1.89. The van der Waals surface area contributed by atoms with Crippen molar-refractivity contribution in [3.8, 4) is 0 Å². The number of carbonyl (C=O) groups excluding carboxylic acids is 1. The lowest BCUT2D eigenvalue weighted by molar-refractivity contribution is -0.121. The molecule has 0 radical (unpaired) electrons. The lowest BCUT2D eigenvalue weighted by Crippen LogP contribution is -2.24. The van der Waals surface area contributed by atoms with Crippen LogP contribution in [0.25, 0.3) is 0 Å². The van der Waals surface area contributed by atoms with Crippen molar-refractivity contribution < 1.29 is 4.79 Å². The van der Waals surface area contributed by atoms with Crippen LogP contribution in [0.15, 0.2) is 24.3 Å². The minimum absolute atomic E-state index is 0.172. The average Bonchev–Trinajstić information content (AvgIpc) is 2.42. The van der Waals surface area contributed by atoms with Crippen molar-refractivity contribution in [2.75, 3.05) is 6.54 Å². The van der Waals surface area contributed by atoms with Gasteiger partial charge in [0.2, 0.25) is 5.91 Å². The highest BCUT2D eigenvalue weighted by Crippen LogP contribution is 2.07. The van der Waals surface area contributed by atoms with Crippen LogP contribution in [-0.2, 0) is 17.6 Å². The molecule has 1 aromatic rings. The Bertz CT molecular complexity index is 343. The fourth-order valence-electron chi connectivity index (χ4n) is 1.89. The Hall–Kier alpha value is -1.31. The van der Waals surface area contributed by atoms with Gasteiger partial charge in [0, 0.05) is 13.0 Å². The molecule has 0 fully saturated rings. The summed E-state index contributed by atoms with van der Waals surface area (Å²) in [5.74, 6) is 0.172. The number of amides is 1. The Morgan fingerprint density at radius 3 is 2.33 bits per heavy atom. The van der Waals surface area contributed by atoms with Crippen molar-refractivity contribution >= 4 is 5.91 Å². The fraction of sp³-hybridized carbons (Fsp3) is 0.562. The minimum atomic E-state index is 0.172. The number of rotatable bonds is 8. The summed E-state index contributed by atoms with van der Waals surface area (Å²) in [4.78, 5) is 11.6. The second-order valence-corrected chi connectivity index (χ2v) is 4.73. The Labute approximate surface area is 111 Å². The van der Waals surface area contributed by atoms with Crippen LogP contribution in [0.5, 0.6) is 0 Å². The largest absolute Gasteiger partial charge is 0.356 e. The van der Waals surface area contributed by atoms with E-state index in [4.69, 9.17) is 0 Å². The van der Waals surface area contributed by atoms with Crippen LogP contribution in [0.3, 0.4) is 0 Å². The van der Waals surface area contributed by atoms with Gasteiger partial charge >= 0.3 is 0 Å². The maximum absolute atomic E-state index is 11.6. The van der Waals surface area contributed by atoms with Gasteiger partial charge in [-0.25, -0.2) is 0 Å². The van der Waals surface area contributed by atoms with Crippen LogP contribution in [0.2, 0.25) is 0 Å². The van der Waals surface area contributed by atoms with Gasteiger partial charge in [0.15, 0.2) is 0 Å². The predicted molar refractivity (Wildman–Crippen MR) is 76.7 cm³/mol. The van der Waals surface area contributed by atoms with Crippen LogP contribution < -0.4 is 5.32 Å². The van der Waals surface area contributed by atoms with E-state index >= 15 is 0 Å². The third-order valence-electron chi connectivity index (χ3n) is 3.17. The molecule has 0 unspecified atom stereocenters. The zero-order valence-electron chi connectivity index (χ0n) is 11.7. The first kappa shape index (κ1) is 14.7. The quantitative estimate of drug-likeness (QED) is 0.700. The second-order valence-electron chi connectivity index (χ2n) is 4.73. The molecular formula is C16H25NO. The number of nitrogens with one attached hydrogen (secondary N) is 1. The molecule has 1 amide bonds. The van der Waals surface area contributed by atoms with Gasteiger partial charge in [-0.15, -0.1) is 0 Å². The Balaban J connectivity index is 2.20. The van der Waals surface area contributed by atoms with Crippen molar-refractivity contribution in [1.29, 1.82) is 0 Å². The van der Waals surface area contributed by atoms with E-state index in [9.17, 15) is 4.79 Å². The predicted octanol–water partition coefficient (Wildman–Crippen LogP) is 3.49. The van der Waals surface area contributed by atoms with Gasteiger partial charge in [0.1, 0.15) is 0 Å². The van der Waals surface area contributed by atoms with Gasteiger partial charge in [0.05, 0.1) is 0 Å². The Kier molecular flexibility index (Phi) is 7.16. The molecule has 0 bridgehead atoms. The smallest absolute Gasteiger partial charge is 0.220 e. The number of hydrogen-bond acceptors (Lipinski definition) is 1. The van der Waals surface area contributed by atoms with Crippen LogP contribution in [0.4, 0.5) is 0 Å². The van der Waals surface area contributed by atoms with Crippen molar-refractivity contribution in [3.05, 3.63) is 35.4 Å². The van der Waals surface area contributed by atoms with Crippen molar-refractivity contribution in [1.82, 2.24) is 5.32 Å². The summed E-state index contributed by atoms with van der Waals surface area (Å²) in [6.45, 7) is 5.14. The standard InChI is InChI=1S/C16H25NO/c1-3-5-6-13-17-16(18)12-11-15-9-7-14(4-2)8-10-15/h7-10H,3-6,11-13H2,1-2H3,(H,17,18). The summed E-state index contributed by atoms with van der Waals surface area (Å²) in [7, 11) is 0. The first-order valence-corrected chi connectivity index (χ1v) is 7.10. The highest BCUT2D eigenvalue weighted by Gasteiger charge is 2.01. The van der Waals surface area contributed by atoms with Crippen molar-refractivity contribution in [2.45, 2.75) is 52.4 Å². The average molecular weight is 247 g/mol. The molecule has 0 spiro atoms. The van der Waals surface area contributed by atoms with Crippen molar-refractivity contribution in [3.63, 3.8) is 0 Å². The molecule has 100 valence electrons. The summed E-state index contributed by atoms with van der Waals surface area (Å²) in [5, 5.41) is 2.97. The van der Waals surface area contributed by atoms with E-state index in [1.54, 1.807) is 0 Å². The Morgan fingerprint density at radius 2 is 1.72 bits per heavy atom. The molecule has 18 heavy (non-hydrogen) atoms. The maximum Gasteiger partial charge on any atom is 0.220 e. The summed E-state index contributed by atoms with van der Waals surface area (Å²) in [6, 6.07) is 8.55. The molecule has 0 saturated carbocycles. The van der Waals surface area contributed by atoms with Crippen LogP contribution in [0, 0.1) is 0 Å². The van der Waals surface area contributed by atoms with E-state index in [-0.39, 0.29) is 5.91 Å². The van der Waals surface area contributed by atoms with Gasteiger partial charge in [-0.3, -0.25) is 4.79 Å². The monoisotopic (exact) mass is 247 g/mol. The summed E-state index contributed by atoms with van der Waals surface area (Å²) >= 11 is 0. The second kappa shape index (κ2) is 8.73. The van der Waals surface area contributed by atoms with Gasteiger partial charge in [0.25, 0.3) is 0 Å². The number of benzene rings is 1. The lowest BCUT2D eigenvalue weighted by Gasteiger charge is -2.05. The van der Waals surface area contributed by atoms with E-state index in [1.165, 1.54) is 24.0 Å². The highest BCUT2D eigenvalue weighted by molar-refractivity contribution is 5.76. The number of hydrogen-bond donors (Lipinski definition) is 1. The molecule has 0 aliphatic carbocycles. The molecule has 0 atom stereocenters. The van der Waals surface area contributed by atoms with E-state index in [2.05, 4.69) is 43.4 Å². The van der Waals surface area contributed by atoms with Gasteiger partial charge in [-0.05, 0) is 30.4 Å². The van der Waals surface area contributed by atoms with Crippen LogP contribution in [-0.4, -0.2) is 12.5 Å². The molecule has 0 saturated heterocycles. The first-order valence-electron chi connectivity index (χ1n) is 7.10. The zero-order valence-corrected chi connectivity index (χ0v) is 11.7. The van der Waals surface area contributed by atoms with E-state index in [0.29, 0.717) is 6.42 Å². The van der Waals surface area contributed by atoms with Crippen LogP contribution in [0.1, 0.15) is 50.7 Å². The summed E-state index contributed by atoms with van der Waals surface area (Å²) in [5.41, 5.74) is 2.60. The SMILES string of the molecule is CCCCCNC(=O)CCc1ccc(CC)cc1. The van der Waals surface area contributed by atoms with E-state index < -0.39 is 0 Å². The summed E-state index contributed by atoms with van der Waals surface area (Å²) in [6.07, 6.45) is 5.98. The minimum Gasteiger partial charge on any atom is -0.356 e. The maximum atomic E-state index is 11.6. The molecule has 2 nitrogen and oxygen atoms in total. The molecule has 0 aliphatic heterocycles. The molecule has 0 aromatic heterocycles. The molecular weight excluding hydrogens is 222 g/mol. The molecule has 1 rings (SSSR count).